The van der Waals surface area contributed by atoms with E-state index in [1.165, 1.54) is 0 Å². The van der Waals surface area contributed by atoms with Crippen molar-refractivity contribution in [3.05, 3.63) is 83.9 Å². The molecule has 0 radical (unpaired) electrons. The molecule has 1 unspecified atom stereocenters. The number of hydrogen-bond acceptors (Lipinski definition) is 3. The van der Waals surface area contributed by atoms with Crippen molar-refractivity contribution in [1.82, 2.24) is 0 Å². The molecule has 3 nitrogen and oxygen atoms in total. The lowest BCUT2D eigenvalue weighted by molar-refractivity contribution is 0.0788. The van der Waals surface area contributed by atoms with E-state index < -0.39 is 6.10 Å². The Bertz CT molecular complexity index is 886. The molecule has 3 rings (SSSR count). The number of ether oxygens (including phenoxy) is 1. The van der Waals surface area contributed by atoms with Gasteiger partial charge in [-0.15, -0.1) is 0 Å². The third kappa shape index (κ3) is 3.94. The molecule has 0 aliphatic carbocycles. The number of Topliss-reactive ketones (excluding diaryl/α,β-unsaturated/α-hetero) is 1. The molecule has 0 aromatic heterocycles. The van der Waals surface area contributed by atoms with Crippen LogP contribution in [0.3, 0.4) is 0 Å². The molecule has 0 amide bonds. The second-order valence-corrected chi connectivity index (χ2v) is 6.36. The van der Waals surface area contributed by atoms with Gasteiger partial charge in [0.25, 0.3) is 0 Å². The van der Waals surface area contributed by atoms with Crippen LogP contribution in [0.15, 0.2) is 72.8 Å². The van der Waals surface area contributed by atoms with Crippen molar-refractivity contribution in [3.63, 3.8) is 0 Å². The second kappa shape index (κ2) is 7.87. The van der Waals surface area contributed by atoms with Crippen LogP contribution in [0, 0.1) is 6.92 Å². The predicted octanol–water partition coefficient (Wildman–Crippen LogP) is 5.28. The molecule has 26 heavy (non-hydrogen) atoms. The Kier molecular flexibility index (Phi) is 5.37. The van der Waals surface area contributed by atoms with E-state index in [0.717, 1.165) is 16.7 Å². The van der Waals surface area contributed by atoms with Gasteiger partial charge in [0.15, 0.2) is 6.10 Å². The zero-order valence-electron chi connectivity index (χ0n) is 15.1. The number of carbonyl (C=O) groups excluding carboxylic acids is 1. The van der Waals surface area contributed by atoms with E-state index >= 15 is 0 Å². The van der Waals surface area contributed by atoms with E-state index in [4.69, 9.17) is 10.5 Å². The first-order valence-corrected chi connectivity index (χ1v) is 8.81. The summed E-state index contributed by atoms with van der Waals surface area (Å²) in [5.41, 5.74) is 10.5. The standard InChI is InChI=1S/C23H23NO2/c1-3-21(26-22-14-9-16(2)15-20(22)24)23(25)19-12-10-18(11-13-19)17-7-5-4-6-8-17/h4-15,21H,3,24H2,1-2H3. The summed E-state index contributed by atoms with van der Waals surface area (Å²) in [6.07, 6.45) is 0.0228. The molecule has 3 heteroatoms. The highest BCUT2D eigenvalue weighted by Gasteiger charge is 2.21. The van der Waals surface area contributed by atoms with Crippen molar-refractivity contribution in [3.8, 4) is 16.9 Å². The minimum absolute atomic E-state index is 0.0351. The lowest BCUT2D eigenvalue weighted by atomic mass is 10.00. The number of carbonyl (C=O) groups is 1. The zero-order valence-corrected chi connectivity index (χ0v) is 15.1. The molecule has 0 saturated carbocycles. The van der Waals surface area contributed by atoms with E-state index in [2.05, 4.69) is 12.1 Å². The van der Waals surface area contributed by atoms with E-state index in [1.54, 1.807) is 0 Å². The van der Waals surface area contributed by atoms with Crippen LogP contribution in [0.5, 0.6) is 5.75 Å². The van der Waals surface area contributed by atoms with Crippen molar-refractivity contribution in [1.29, 1.82) is 0 Å². The van der Waals surface area contributed by atoms with Crippen LogP contribution in [-0.2, 0) is 0 Å². The van der Waals surface area contributed by atoms with Crippen molar-refractivity contribution < 1.29 is 9.53 Å². The molecule has 0 fully saturated rings. The van der Waals surface area contributed by atoms with Gasteiger partial charge in [0.2, 0.25) is 5.78 Å². The van der Waals surface area contributed by atoms with Gasteiger partial charge in [-0.2, -0.15) is 0 Å². The topological polar surface area (TPSA) is 52.3 Å². The summed E-state index contributed by atoms with van der Waals surface area (Å²) in [5, 5.41) is 0. The van der Waals surface area contributed by atoms with Crippen LogP contribution < -0.4 is 10.5 Å². The fourth-order valence-electron chi connectivity index (χ4n) is 2.89. The molecule has 132 valence electrons. The number of nitrogen functional groups attached to an aromatic ring is 1. The first kappa shape index (κ1) is 17.7. The largest absolute Gasteiger partial charge is 0.480 e. The number of anilines is 1. The molecule has 0 aliphatic rings. The molecule has 2 N–H and O–H groups in total. The van der Waals surface area contributed by atoms with Gasteiger partial charge in [-0.1, -0.05) is 67.6 Å². The third-order valence-electron chi connectivity index (χ3n) is 4.37. The Hall–Kier alpha value is -3.07. The van der Waals surface area contributed by atoms with Crippen molar-refractivity contribution >= 4 is 11.5 Å². The zero-order chi connectivity index (χ0) is 18.5. The quantitative estimate of drug-likeness (QED) is 0.488. The molecule has 3 aromatic carbocycles. The summed E-state index contributed by atoms with van der Waals surface area (Å²) in [5.74, 6) is 0.517. The average molecular weight is 345 g/mol. The maximum atomic E-state index is 12.8. The Labute approximate surface area is 154 Å². The van der Waals surface area contributed by atoms with Crippen LogP contribution >= 0.6 is 0 Å². The minimum Gasteiger partial charge on any atom is -0.480 e. The lowest BCUT2D eigenvalue weighted by Crippen LogP contribution is -2.27. The lowest BCUT2D eigenvalue weighted by Gasteiger charge is -2.18. The number of aryl methyl sites for hydroxylation is 1. The molecular weight excluding hydrogens is 322 g/mol. The smallest absolute Gasteiger partial charge is 0.203 e. The van der Waals surface area contributed by atoms with Crippen molar-refractivity contribution in [2.75, 3.05) is 5.73 Å². The highest BCUT2D eigenvalue weighted by molar-refractivity contribution is 6.00. The van der Waals surface area contributed by atoms with Gasteiger partial charge in [0.05, 0.1) is 5.69 Å². The summed E-state index contributed by atoms with van der Waals surface area (Å²) in [6.45, 7) is 3.90. The highest BCUT2D eigenvalue weighted by Crippen LogP contribution is 2.26. The number of hydrogen-bond donors (Lipinski definition) is 1. The van der Waals surface area contributed by atoms with Gasteiger partial charge in [-0.25, -0.2) is 0 Å². The molecular formula is C23H23NO2. The predicted molar refractivity (Wildman–Crippen MR) is 107 cm³/mol. The summed E-state index contributed by atoms with van der Waals surface area (Å²) in [7, 11) is 0. The molecule has 0 aliphatic heterocycles. The Morgan fingerprint density at radius 2 is 1.62 bits per heavy atom. The van der Waals surface area contributed by atoms with Crippen LogP contribution in [0.1, 0.15) is 29.3 Å². The van der Waals surface area contributed by atoms with E-state index in [1.807, 2.05) is 74.5 Å². The summed E-state index contributed by atoms with van der Waals surface area (Å²) < 4.78 is 5.91. The van der Waals surface area contributed by atoms with E-state index in [-0.39, 0.29) is 5.78 Å². The second-order valence-electron chi connectivity index (χ2n) is 6.36. The normalized spacial score (nSPS) is 11.8. The first-order chi connectivity index (χ1) is 12.6. The maximum absolute atomic E-state index is 12.8. The minimum atomic E-state index is -0.553. The molecule has 3 aromatic rings. The summed E-state index contributed by atoms with van der Waals surface area (Å²) in [4.78, 5) is 12.8. The molecule has 1 atom stereocenters. The molecule has 0 spiro atoms. The third-order valence-corrected chi connectivity index (χ3v) is 4.37. The van der Waals surface area contributed by atoms with Gasteiger partial charge >= 0.3 is 0 Å². The Balaban J connectivity index is 1.78. The van der Waals surface area contributed by atoms with Crippen LogP contribution in [0.4, 0.5) is 5.69 Å². The SMILES string of the molecule is CCC(Oc1ccc(C)cc1N)C(=O)c1ccc(-c2ccccc2)cc1. The number of rotatable bonds is 6. The van der Waals surface area contributed by atoms with Gasteiger partial charge in [0.1, 0.15) is 5.75 Å². The number of nitrogens with two attached hydrogens (primary N) is 1. The summed E-state index contributed by atoms with van der Waals surface area (Å²) in [6, 6.07) is 23.3. The van der Waals surface area contributed by atoms with Gasteiger partial charge < -0.3 is 10.5 Å². The van der Waals surface area contributed by atoms with Gasteiger partial charge in [-0.3, -0.25) is 4.79 Å². The number of ketones is 1. The van der Waals surface area contributed by atoms with E-state index in [9.17, 15) is 4.79 Å². The van der Waals surface area contributed by atoms with Crippen LogP contribution in [0.2, 0.25) is 0 Å². The van der Waals surface area contributed by atoms with Crippen LogP contribution in [-0.4, -0.2) is 11.9 Å². The molecule has 0 saturated heterocycles. The van der Waals surface area contributed by atoms with Crippen molar-refractivity contribution in [2.24, 2.45) is 0 Å². The Morgan fingerprint density at radius 3 is 2.23 bits per heavy atom. The Morgan fingerprint density at radius 1 is 0.962 bits per heavy atom. The van der Waals surface area contributed by atoms with Crippen molar-refractivity contribution in [2.45, 2.75) is 26.4 Å². The fourth-order valence-corrected chi connectivity index (χ4v) is 2.89. The van der Waals surface area contributed by atoms with Gasteiger partial charge in [-0.05, 0) is 42.2 Å². The van der Waals surface area contributed by atoms with Crippen LogP contribution in [0.25, 0.3) is 11.1 Å². The summed E-state index contributed by atoms with van der Waals surface area (Å²) >= 11 is 0. The van der Waals surface area contributed by atoms with E-state index in [0.29, 0.717) is 23.4 Å². The maximum Gasteiger partial charge on any atom is 0.203 e. The van der Waals surface area contributed by atoms with Gasteiger partial charge in [0, 0.05) is 5.56 Å². The first-order valence-electron chi connectivity index (χ1n) is 8.81. The monoisotopic (exact) mass is 345 g/mol. The fraction of sp³-hybridized carbons (Fsp3) is 0.174. The highest BCUT2D eigenvalue weighted by atomic mass is 16.5. The average Bonchev–Trinajstić information content (AvgIpc) is 2.68. The molecule has 0 bridgehead atoms. The number of benzene rings is 3. The molecule has 0 heterocycles.